The molecule has 4 nitrogen and oxygen atoms in total. The van der Waals surface area contributed by atoms with Gasteiger partial charge in [0, 0.05) is 19.3 Å². The molecule has 0 bridgehead atoms. The van der Waals surface area contributed by atoms with Gasteiger partial charge in [0.25, 0.3) is 0 Å². The average Bonchev–Trinajstić information content (AvgIpc) is 2.29. The van der Waals surface area contributed by atoms with E-state index in [4.69, 9.17) is 4.74 Å². The molecule has 1 aromatic rings. The minimum Gasteiger partial charge on any atom is -0.497 e. The fourth-order valence-electron chi connectivity index (χ4n) is 1.19. The summed E-state index contributed by atoms with van der Waals surface area (Å²) in [5.74, 6) is 1.13. The van der Waals surface area contributed by atoms with Gasteiger partial charge in [-0.25, -0.2) is 12.7 Å². The zero-order valence-corrected chi connectivity index (χ0v) is 11.0. The van der Waals surface area contributed by atoms with Gasteiger partial charge in [0.2, 0.25) is 10.0 Å². The number of hydrogen-bond donors (Lipinski definition) is 1. The van der Waals surface area contributed by atoms with E-state index in [2.05, 4.69) is 12.6 Å². The van der Waals surface area contributed by atoms with Crippen molar-refractivity contribution in [2.45, 2.75) is 4.90 Å². The fourth-order valence-corrected chi connectivity index (χ4v) is 2.80. The highest BCUT2D eigenvalue weighted by molar-refractivity contribution is 7.89. The summed E-state index contributed by atoms with van der Waals surface area (Å²) in [6, 6.07) is 6.31. The van der Waals surface area contributed by atoms with E-state index in [1.807, 2.05) is 0 Å². The van der Waals surface area contributed by atoms with E-state index in [-0.39, 0.29) is 4.90 Å². The van der Waals surface area contributed by atoms with Gasteiger partial charge in [-0.2, -0.15) is 12.6 Å². The van der Waals surface area contributed by atoms with Gasteiger partial charge >= 0.3 is 0 Å². The summed E-state index contributed by atoms with van der Waals surface area (Å²) in [4.78, 5) is 0.262. The number of benzene rings is 1. The van der Waals surface area contributed by atoms with Gasteiger partial charge in [-0.3, -0.25) is 0 Å². The van der Waals surface area contributed by atoms with Crippen molar-refractivity contribution in [3.63, 3.8) is 0 Å². The number of sulfonamides is 1. The Kier molecular flexibility index (Phi) is 4.64. The van der Waals surface area contributed by atoms with E-state index in [0.717, 1.165) is 0 Å². The Morgan fingerprint density at radius 1 is 1.31 bits per heavy atom. The first-order valence-corrected chi connectivity index (χ1v) is 6.81. The minimum atomic E-state index is -3.40. The second kappa shape index (κ2) is 5.56. The highest BCUT2D eigenvalue weighted by Gasteiger charge is 2.19. The molecule has 1 aromatic carbocycles. The van der Waals surface area contributed by atoms with E-state index < -0.39 is 10.0 Å². The summed E-state index contributed by atoms with van der Waals surface area (Å²) in [5, 5.41) is 0. The molecule has 0 amide bonds. The van der Waals surface area contributed by atoms with E-state index in [1.54, 1.807) is 12.1 Å². The molecule has 0 aliphatic rings. The van der Waals surface area contributed by atoms with Crippen molar-refractivity contribution in [2.24, 2.45) is 0 Å². The van der Waals surface area contributed by atoms with Crippen LogP contribution in [-0.4, -0.2) is 39.2 Å². The number of methoxy groups -OCH3 is 1. The van der Waals surface area contributed by atoms with Crippen molar-refractivity contribution in [2.75, 3.05) is 26.5 Å². The van der Waals surface area contributed by atoms with Gasteiger partial charge in [0.15, 0.2) is 0 Å². The third-order valence-corrected chi connectivity index (χ3v) is 4.25. The Morgan fingerprint density at radius 2 is 1.88 bits per heavy atom. The minimum absolute atomic E-state index is 0.262. The van der Waals surface area contributed by atoms with Crippen LogP contribution in [0, 0.1) is 0 Å². The Labute approximate surface area is 102 Å². The van der Waals surface area contributed by atoms with Crippen molar-refractivity contribution >= 4 is 22.7 Å². The normalized spacial score (nSPS) is 11.8. The first-order chi connectivity index (χ1) is 7.52. The van der Waals surface area contributed by atoms with Crippen LogP contribution in [0.15, 0.2) is 29.2 Å². The zero-order chi connectivity index (χ0) is 12.2. The predicted molar refractivity (Wildman–Crippen MR) is 66.7 cm³/mol. The van der Waals surface area contributed by atoms with Crippen LogP contribution >= 0.6 is 12.6 Å². The van der Waals surface area contributed by atoms with Crippen molar-refractivity contribution in [1.29, 1.82) is 0 Å². The average molecular weight is 261 g/mol. The van der Waals surface area contributed by atoms with Crippen molar-refractivity contribution < 1.29 is 13.2 Å². The number of rotatable bonds is 5. The van der Waals surface area contributed by atoms with E-state index >= 15 is 0 Å². The molecule has 90 valence electrons. The summed E-state index contributed by atoms with van der Waals surface area (Å²) in [6.45, 7) is 0.386. The summed E-state index contributed by atoms with van der Waals surface area (Å²) < 4.78 is 30.2. The summed E-state index contributed by atoms with van der Waals surface area (Å²) >= 11 is 4.01. The Balaban J connectivity index is 2.98. The Bertz CT molecular complexity index is 428. The molecule has 0 radical (unpaired) electrons. The smallest absolute Gasteiger partial charge is 0.242 e. The Morgan fingerprint density at radius 3 is 2.31 bits per heavy atom. The van der Waals surface area contributed by atoms with E-state index in [9.17, 15) is 8.42 Å². The molecule has 0 aromatic heterocycles. The number of hydrogen-bond acceptors (Lipinski definition) is 4. The van der Waals surface area contributed by atoms with Crippen molar-refractivity contribution in [3.05, 3.63) is 24.3 Å². The standard InChI is InChI=1S/C10H15NO3S2/c1-11(7-8-15)16(12,13)10-5-3-9(14-2)4-6-10/h3-6,15H,7-8H2,1-2H3. The molecule has 0 fully saturated rings. The lowest BCUT2D eigenvalue weighted by Crippen LogP contribution is -2.28. The van der Waals surface area contributed by atoms with Gasteiger partial charge < -0.3 is 4.74 Å². The summed E-state index contributed by atoms with van der Waals surface area (Å²) in [6.07, 6.45) is 0. The maximum atomic E-state index is 12.0. The topological polar surface area (TPSA) is 46.6 Å². The lowest BCUT2D eigenvalue weighted by atomic mass is 10.3. The molecule has 0 saturated carbocycles. The molecule has 6 heteroatoms. The molecule has 0 aliphatic carbocycles. The van der Waals surface area contributed by atoms with Crippen LogP contribution in [0.1, 0.15) is 0 Å². The zero-order valence-electron chi connectivity index (χ0n) is 9.25. The molecule has 0 heterocycles. The summed E-state index contributed by atoms with van der Waals surface area (Å²) in [7, 11) is -0.322. The molecule has 0 N–H and O–H groups in total. The third kappa shape index (κ3) is 2.90. The van der Waals surface area contributed by atoms with Gasteiger partial charge in [0.05, 0.1) is 12.0 Å². The van der Waals surface area contributed by atoms with Gasteiger partial charge in [-0.1, -0.05) is 0 Å². The summed E-state index contributed by atoms with van der Waals surface area (Å²) in [5.41, 5.74) is 0. The van der Waals surface area contributed by atoms with Gasteiger partial charge in [-0.05, 0) is 24.3 Å². The van der Waals surface area contributed by atoms with Crippen LogP contribution < -0.4 is 4.74 Å². The predicted octanol–water partition coefficient (Wildman–Crippen LogP) is 1.25. The van der Waals surface area contributed by atoms with Crippen LogP contribution in [0.3, 0.4) is 0 Å². The Hall–Kier alpha value is -0.720. The largest absolute Gasteiger partial charge is 0.497 e. The lowest BCUT2D eigenvalue weighted by Gasteiger charge is -2.15. The number of nitrogens with zero attached hydrogens (tertiary/aromatic N) is 1. The lowest BCUT2D eigenvalue weighted by molar-refractivity contribution is 0.414. The van der Waals surface area contributed by atoms with Gasteiger partial charge in [-0.15, -0.1) is 0 Å². The first kappa shape index (κ1) is 13.3. The van der Waals surface area contributed by atoms with Crippen LogP contribution in [0.4, 0.5) is 0 Å². The number of ether oxygens (including phenoxy) is 1. The van der Waals surface area contributed by atoms with Crippen LogP contribution in [0.25, 0.3) is 0 Å². The molecular formula is C10H15NO3S2. The maximum absolute atomic E-state index is 12.0. The molecule has 0 spiro atoms. The molecule has 16 heavy (non-hydrogen) atoms. The SMILES string of the molecule is COc1ccc(S(=O)(=O)N(C)CCS)cc1. The second-order valence-corrected chi connectivity index (χ2v) is 5.72. The molecule has 0 saturated heterocycles. The highest BCUT2D eigenvalue weighted by atomic mass is 32.2. The second-order valence-electron chi connectivity index (χ2n) is 3.23. The fraction of sp³-hybridized carbons (Fsp3) is 0.400. The van der Waals surface area contributed by atoms with E-state index in [0.29, 0.717) is 18.0 Å². The van der Waals surface area contributed by atoms with Gasteiger partial charge in [0.1, 0.15) is 5.75 Å². The molecule has 0 atom stereocenters. The molecular weight excluding hydrogens is 246 g/mol. The number of thiol groups is 1. The van der Waals surface area contributed by atoms with E-state index in [1.165, 1.54) is 30.6 Å². The van der Waals surface area contributed by atoms with Crippen LogP contribution in [0.2, 0.25) is 0 Å². The van der Waals surface area contributed by atoms with Crippen molar-refractivity contribution in [1.82, 2.24) is 4.31 Å². The highest BCUT2D eigenvalue weighted by Crippen LogP contribution is 2.18. The quantitative estimate of drug-likeness (QED) is 0.811. The third-order valence-electron chi connectivity index (χ3n) is 2.18. The monoisotopic (exact) mass is 261 g/mol. The first-order valence-electron chi connectivity index (χ1n) is 4.73. The molecule has 0 aliphatic heterocycles. The van der Waals surface area contributed by atoms with Crippen LogP contribution in [0.5, 0.6) is 5.75 Å². The maximum Gasteiger partial charge on any atom is 0.242 e. The molecule has 1 rings (SSSR count). The van der Waals surface area contributed by atoms with Crippen molar-refractivity contribution in [3.8, 4) is 5.75 Å². The van der Waals surface area contributed by atoms with Crippen LogP contribution in [-0.2, 0) is 10.0 Å². The molecule has 0 unspecified atom stereocenters.